The molecule has 0 aromatic heterocycles. The highest BCUT2D eigenvalue weighted by atomic mass is 16.6. The van der Waals surface area contributed by atoms with Crippen LogP contribution in [0.5, 0.6) is 0 Å². The van der Waals surface area contributed by atoms with E-state index >= 15 is 19.2 Å². The van der Waals surface area contributed by atoms with Gasteiger partial charge in [-0.1, -0.05) is 24.3 Å². The molecular weight excluding hydrogens is 724 g/mol. The number of carbonyl (C=O) groups excluding carboxylic acids is 6. The molecule has 14 heteroatoms. The molecule has 4 heterocycles. The number of hydrogen-bond donors (Lipinski definition) is 2. The zero-order valence-electron chi connectivity index (χ0n) is 33.5. The van der Waals surface area contributed by atoms with Gasteiger partial charge in [0, 0.05) is 37.1 Å². The quantitative estimate of drug-likeness (QED) is 0.222. The molecule has 6 aliphatic rings. The van der Waals surface area contributed by atoms with E-state index in [2.05, 4.69) is 10.6 Å². The molecule has 0 radical (unpaired) electrons. The summed E-state index contributed by atoms with van der Waals surface area (Å²) in [6, 6.07) is 13.5. The van der Waals surface area contributed by atoms with Crippen LogP contribution in [0.4, 0.5) is 11.4 Å². The number of nitrogens with one attached hydrogen (secondary N) is 2. The summed E-state index contributed by atoms with van der Waals surface area (Å²) in [4.78, 5) is 85.5. The molecule has 300 valence electrons. The number of amides is 2. The summed E-state index contributed by atoms with van der Waals surface area (Å²) in [6.45, 7) is 15.8. The van der Waals surface area contributed by atoms with E-state index in [-0.39, 0.29) is 38.2 Å². The second kappa shape index (κ2) is 12.3. The lowest BCUT2D eigenvalue weighted by atomic mass is 9.09. The maximum Gasteiger partial charge on any atom is 0.318 e. The summed E-state index contributed by atoms with van der Waals surface area (Å²) in [5.41, 5.74) is -13.5. The Hall–Kier alpha value is -4.82. The summed E-state index contributed by atoms with van der Waals surface area (Å²) in [6.07, 6.45) is 0. The van der Waals surface area contributed by atoms with Gasteiger partial charge in [0.05, 0.1) is 26.4 Å². The van der Waals surface area contributed by atoms with Crippen molar-refractivity contribution >= 4 is 47.1 Å². The molecule has 8 rings (SSSR count). The number of benzene rings is 2. The van der Waals surface area contributed by atoms with Crippen LogP contribution in [0.3, 0.4) is 0 Å². The highest BCUT2D eigenvalue weighted by Crippen LogP contribution is 3.02. The fourth-order valence-corrected chi connectivity index (χ4v) is 13.2. The molecule has 2 amide bonds. The van der Waals surface area contributed by atoms with Crippen molar-refractivity contribution in [2.75, 3.05) is 37.1 Å². The Morgan fingerprint density at radius 1 is 0.482 bits per heavy atom. The Morgan fingerprint density at radius 2 is 0.714 bits per heavy atom. The van der Waals surface area contributed by atoms with Gasteiger partial charge in [-0.3, -0.25) is 28.8 Å². The van der Waals surface area contributed by atoms with Crippen LogP contribution in [-0.2, 0) is 57.2 Å². The zero-order valence-corrected chi connectivity index (χ0v) is 33.5. The van der Waals surface area contributed by atoms with Crippen molar-refractivity contribution in [3.63, 3.8) is 0 Å². The Balaban J connectivity index is 1.68. The van der Waals surface area contributed by atoms with Gasteiger partial charge in [-0.15, -0.1) is 0 Å². The summed E-state index contributed by atoms with van der Waals surface area (Å²) >= 11 is 0. The zero-order chi connectivity index (χ0) is 41.1. The third-order valence-corrected chi connectivity index (χ3v) is 14.1. The number of rotatable bonds is 12. The molecular formula is C42H50N2O12. The highest BCUT2D eigenvalue weighted by molar-refractivity contribution is 6.05. The molecule has 4 saturated heterocycles. The molecule has 0 unspecified atom stereocenters. The van der Waals surface area contributed by atoms with Crippen LogP contribution in [0.25, 0.3) is 0 Å². The normalized spacial score (nSPS) is 39.0. The van der Waals surface area contributed by atoms with Gasteiger partial charge in [0.2, 0.25) is 11.8 Å². The van der Waals surface area contributed by atoms with E-state index in [1.807, 2.05) is 0 Å². The molecule has 4 aliphatic heterocycles. The summed E-state index contributed by atoms with van der Waals surface area (Å²) in [5.74, 6) is -6.08. The van der Waals surface area contributed by atoms with Crippen molar-refractivity contribution in [1.29, 1.82) is 0 Å². The van der Waals surface area contributed by atoms with E-state index in [0.717, 1.165) is 0 Å². The number of hydrogen-bond acceptors (Lipinski definition) is 12. The lowest BCUT2D eigenvalue weighted by Crippen LogP contribution is -3.14. The smallest absolute Gasteiger partial charge is 0.318 e. The van der Waals surface area contributed by atoms with E-state index < -0.39 is 79.8 Å². The molecule has 8 bridgehead atoms. The van der Waals surface area contributed by atoms with Gasteiger partial charge in [-0.05, 0) is 90.8 Å². The predicted octanol–water partition coefficient (Wildman–Crippen LogP) is 4.80. The van der Waals surface area contributed by atoms with Crippen LogP contribution >= 0.6 is 0 Å². The fraction of sp³-hybridized carbons (Fsp3) is 0.571. The van der Waals surface area contributed by atoms with Gasteiger partial charge in [-0.25, -0.2) is 0 Å². The van der Waals surface area contributed by atoms with E-state index in [9.17, 15) is 9.59 Å². The molecule has 2 aromatic carbocycles. The second-order valence-electron chi connectivity index (χ2n) is 15.9. The van der Waals surface area contributed by atoms with Gasteiger partial charge >= 0.3 is 23.9 Å². The summed E-state index contributed by atoms with van der Waals surface area (Å²) in [5, 5.41) is 5.52. The number of esters is 4. The molecule has 2 aromatic rings. The third kappa shape index (κ3) is 3.72. The Labute approximate surface area is 325 Å². The van der Waals surface area contributed by atoms with Crippen molar-refractivity contribution in [2.24, 2.45) is 21.7 Å². The Bertz CT molecular complexity index is 1790. The number of ether oxygens (including phenoxy) is 6. The van der Waals surface area contributed by atoms with Gasteiger partial charge in [0.15, 0.2) is 0 Å². The monoisotopic (exact) mass is 774 g/mol. The minimum Gasteiger partial charge on any atom is -0.465 e. The van der Waals surface area contributed by atoms with Crippen LogP contribution in [0.1, 0.15) is 92.2 Å². The predicted molar refractivity (Wildman–Crippen MR) is 199 cm³/mol. The lowest BCUT2D eigenvalue weighted by molar-refractivity contribution is -0.625. The van der Waals surface area contributed by atoms with Crippen molar-refractivity contribution in [3.05, 3.63) is 59.7 Å². The van der Waals surface area contributed by atoms with Gasteiger partial charge in [0.1, 0.15) is 44.1 Å². The molecule has 0 spiro atoms. The number of anilines is 2. The average Bonchev–Trinajstić information content (AvgIpc) is 3.10. The highest BCUT2D eigenvalue weighted by Gasteiger charge is 3.16. The molecule has 6 fully saturated rings. The Kier molecular flexibility index (Phi) is 8.68. The van der Waals surface area contributed by atoms with E-state index in [4.69, 9.17) is 28.4 Å². The molecule has 0 atom stereocenters. The first-order chi connectivity index (χ1) is 26.4. The summed E-state index contributed by atoms with van der Waals surface area (Å²) in [7, 11) is 0. The maximum atomic E-state index is 15.3. The van der Waals surface area contributed by atoms with E-state index in [1.165, 1.54) is 13.8 Å². The fourth-order valence-electron chi connectivity index (χ4n) is 13.2. The first-order valence-electron chi connectivity index (χ1n) is 19.2. The third-order valence-electron chi connectivity index (χ3n) is 14.1. The minimum absolute atomic E-state index is 0.0604. The number of carbonyl (C=O) groups is 6. The molecule has 2 N–H and O–H groups in total. The lowest BCUT2D eigenvalue weighted by Gasteiger charge is -2.99. The van der Waals surface area contributed by atoms with Crippen molar-refractivity contribution in [3.8, 4) is 0 Å². The minimum atomic E-state index is -1.96. The van der Waals surface area contributed by atoms with Crippen LogP contribution in [0.15, 0.2) is 48.5 Å². The van der Waals surface area contributed by atoms with Gasteiger partial charge in [0.25, 0.3) is 0 Å². The van der Waals surface area contributed by atoms with E-state index in [0.29, 0.717) is 22.5 Å². The van der Waals surface area contributed by atoms with Crippen LogP contribution in [0.2, 0.25) is 0 Å². The van der Waals surface area contributed by atoms with Crippen LogP contribution < -0.4 is 10.6 Å². The van der Waals surface area contributed by atoms with E-state index in [1.54, 1.807) is 104 Å². The van der Waals surface area contributed by atoms with Crippen LogP contribution in [-0.4, -0.2) is 84.5 Å². The van der Waals surface area contributed by atoms with Crippen LogP contribution in [0, 0.1) is 21.7 Å². The first kappa shape index (κ1) is 39.4. The van der Waals surface area contributed by atoms with Gasteiger partial charge in [-0.2, -0.15) is 0 Å². The van der Waals surface area contributed by atoms with Crippen molar-refractivity contribution < 1.29 is 57.2 Å². The SMILES string of the molecule is CCOC(=O)C12C(c3ccc(NC(C)=O)cc3)C3(C(=O)OCC)C4(C)OC1(C)C1(C(=O)OCC)C(c5ccc(NC(C)=O)cc5)C4(C(=O)OCC)C3(C)OC21C. The Morgan fingerprint density at radius 3 is 0.911 bits per heavy atom. The van der Waals surface area contributed by atoms with Crippen molar-refractivity contribution in [1.82, 2.24) is 0 Å². The molecule has 2 aliphatic carbocycles. The average molecular weight is 775 g/mol. The second-order valence-corrected chi connectivity index (χ2v) is 15.9. The maximum absolute atomic E-state index is 15.3. The van der Waals surface area contributed by atoms with Gasteiger partial charge < -0.3 is 39.1 Å². The standard InChI is InChI=1S/C42H50N2O12/c1-11-51-31(47)39-29(25-15-19-27(20-16-25)43-23(5)45)40(32(48)52-12-2)37(9)42(34(50)54-14-4)30(26-17-21-28(22-18-26)44-24(6)46)41(33(49)53-13-3,35(39,7)55-37)36(39,8)56-38(40,42)10/h15-22,29-30H,11-14H2,1-10H3,(H,43,45)(H,44,46). The molecule has 2 saturated carbocycles. The van der Waals surface area contributed by atoms with Crippen molar-refractivity contribution in [2.45, 2.75) is 103 Å². The first-order valence-corrected chi connectivity index (χ1v) is 19.2. The topological polar surface area (TPSA) is 182 Å². The summed E-state index contributed by atoms with van der Waals surface area (Å²) < 4.78 is 38.7. The largest absolute Gasteiger partial charge is 0.465 e. The molecule has 14 nitrogen and oxygen atoms in total. The molecule has 56 heavy (non-hydrogen) atoms.